The highest BCUT2D eigenvalue weighted by Gasteiger charge is 2.37. The summed E-state index contributed by atoms with van der Waals surface area (Å²) in [6, 6.07) is 5.78. The first kappa shape index (κ1) is 21.3. The minimum Gasteiger partial charge on any atom is -0.456 e. The van der Waals surface area contributed by atoms with Gasteiger partial charge in [-0.2, -0.15) is 0 Å². The Morgan fingerprint density at radius 2 is 1.90 bits per heavy atom. The van der Waals surface area contributed by atoms with Crippen LogP contribution in [0.4, 0.5) is 4.79 Å². The first-order valence-corrected chi connectivity index (χ1v) is 10.4. The summed E-state index contributed by atoms with van der Waals surface area (Å²) in [4.78, 5) is 26.0. The van der Waals surface area contributed by atoms with E-state index in [0.29, 0.717) is 13.0 Å². The van der Waals surface area contributed by atoms with Crippen molar-refractivity contribution in [1.82, 2.24) is 4.90 Å². The van der Waals surface area contributed by atoms with Gasteiger partial charge in [0.25, 0.3) is 0 Å². The molecule has 0 radical (unpaired) electrons. The Bertz CT molecular complexity index is 728. The van der Waals surface area contributed by atoms with Gasteiger partial charge >= 0.3 is 12.1 Å². The number of nitrogens with zero attached hydrogens (tertiary/aromatic N) is 1. The summed E-state index contributed by atoms with van der Waals surface area (Å²) in [6.07, 6.45) is 4.83. The standard InChI is InChI=1S/C22H31NO6/c1-4-23(16(2)12-18-8-9-19-20(13-18)28-15-27-19)21(25)26-14-22(29-17(3)24)10-6-5-7-11-22/h8-9,13,16H,4-7,10-12,14-15H2,1-3H3. The lowest BCUT2D eigenvalue weighted by molar-refractivity contribution is -0.166. The molecular formula is C22H31NO6. The highest BCUT2D eigenvalue weighted by Crippen LogP contribution is 2.34. The van der Waals surface area contributed by atoms with Crippen LogP contribution in [0.25, 0.3) is 0 Å². The molecule has 0 N–H and O–H groups in total. The highest BCUT2D eigenvalue weighted by molar-refractivity contribution is 5.68. The molecule has 1 aliphatic carbocycles. The minimum atomic E-state index is -0.681. The number of hydrogen-bond donors (Lipinski definition) is 0. The van der Waals surface area contributed by atoms with Crippen LogP contribution in [0, 0.1) is 0 Å². The zero-order chi connectivity index (χ0) is 20.9. The normalized spacial score (nSPS) is 18.0. The summed E-state index contributed by atoms with van der Waals surface area (Å²) >= 11 is 0. The van der Waals surface area contributed by atoms with E-state index in [1.54, 1.807) is 4.90 Å². The van der Waals surface area contributed by atoms with E-state index in [4.69, 9.17) is 18.9 Å². The number of esters is 1. The molecule has 0 bridgehead atoms. The Balaban J connectivity index is 1.59. The molecular weight excluding hydrogens is 374 g/mol. The van der Waals surface area contributed by atoms with Crippen molar-refractivity contribution in [2.24, 2.45) is 0 Å². The van der Waals surface area contributed by atoms with Gasteiger partial charge in [-0.05, 0) is 63.6 Å². The van der Waals surface area contributed by atoms with E-state index >= 15 is 0 Å². The molecule has 1 aliphatic heterocycles. The van der Waals surface area contributed by atoms with E-state index < -0.39 is 5.60 Å². The molecule has 1 unspecified atom stereocenters. The summed E-state index contributed by atoms with van der Waals surface area (Å²) in [6.45, 7) is 6.22. The Morgan fingerprint density at radius 1 is 1.17 bits per heavy atom. The van der Waals surface area contributed by atoms with Gasteiger partial charge in [-0.3, -0.25) is 4.79 Å². The van der Waals surface area contributed by atoms with Crippen molar-refractivity contribution in [2.45, 2.75) is 70.9 Å². The van der Waals surface area contributed by atoms with Crippen molar-refractivity contribution in [1.29, 1.82) is 0 Å². The van der Waals surface area contributed by atoms with Crippen molar-refractivity contribution in [3.63, 3.8) is 0 Å². The molecule has 7 nitrogen and oxygen atoms in total. The molecule has 2 aliphatic rings. The molecule has 7 heteroatoms. The second-order valence-corrected chi connectivity index (χ2v) is 7.92. The van der Waals surface area contributed by atoms with E-state index in [2.05, 4.69) is 0 Å². The lowest BCUT2D eigenvalue weighted by Gasteiger charge is -2.36. The van der Waals surface area contributed by atoms with E-state index in [1.165, 1.54) is 6.92 Å². The van der Waals surface area contributed by atoms with Crippen LogP contribution in [0.5, 0.6) is 11.5 Å². The van der Waals surface area contributed by atoms with Crippen LogP contribution in [-0.2, 0) is 20.7 Å². The van der Waals surface area contributed by atoms with Crippen molar-refractivity contribution >= 4 is 12.1 Å². The lowest BCUT2D eigenvalue weighted by Crippen LogP contribution is -2.45. The zero-order valence-corrected chi connectivity index (χ0v) is 17.6. The number of ether oxygens (including phenoxy) is 4. The maximum Gasteiger partial charge on any atom is 0.410 e. The van der Waals surface area contributed by atoms with Crippen LogP contribution < -0.4 is 9.47 Å². The first-order valence-electron chi connectivity index (χ1n) is 10.4. The second kappa shape index (κ2) is 9.37. The van der Waals surface area contributed by atoms with Gasteiger partial charge in [0.05, 0.1) is 0 Å². The highest BCUT2D eigenvalue weighted by atomic mass is 16.7. The molecule has 1 amide bonds. The number of carbonyl (C=O) groups is 2. The van der Waals surface area contributed by atoms with E-state index in [9.17, 15) is 9.59 Å². The molecule has 1 atom stereocenters. The van der Waals surface area contributed by atoms with Gasteiger partial charge in [0.2, 0.25) is 6.79 Å². The fraction of sp³-hybridized carbons (Fsp3) is 0.636. The van der Waals surface area contributed by atoms with Gasteiger partial charge in [0, 0.05) is 19.5 Å². The van der Waals surface area contributed by atoms with Crippen LogP contribution in [0.3, 0.4) is 0 Å². The van der Waals surface area contributed by atoms with Crippen LogP contribution in [-0.4, -0.2) is 48.5 Å². The Hall–Kier alpha value is -2.44. The average Bonchev–Trinajstić information content (AvgIpc) is 3.15. The molecule has 160 valence electrons. The van der Waals surface area contributed by atoms with E-state index in [1.807, 2.05) is 32.0 Å². The topological polar surface area (TPSA) is 74.3 Å². The van der Waals surface area contributed by atoms with Crippen LogP contribution in [0.15, 0.2) is 18.2 Å². The third kappa shape index (κ3) is 5.34. The maximum atomic E-state index is 12.8. The Labute approximate surface area is 172 Å². The zero-order valence-electron chi connectivity index (χ0n) is 17.6. The predicted octanol–water partition coefficient (Wildman–Crippen LogP) is 4.07. The SMILES string of the molecule is CCN(C(=O)OCC1(OC(C)=O)CCCCC1)C(C)Cc1ccc2c(c1)OCO2. The predicted molar refractivity (Wildman–Crippen MR) is 107 cm³/mol. The summed E-state index contributed by atoms with van der Waals surface area (Å²) in [7, 11) is 0. The third-order valence-electron chi connectivity index (χ3n) is 5.66. The van der Waals surface area contributed by atoms with Gasteiger partial charge in [-0.25, -0.2) is 4.79 Å². The van der Waals surface area contributed by atoms with Crippen molar-refractivity contribution in [2.75, 3.05) is 19.9 Å². The van der Waals surface area contributed by atoms with Gasteiger partial charge in [0.1, 0.15) is 12.2 Å². The molecule has 1 fully saturated rings. The number of amides is 1. The average molecular weight is 405 g/mol. The van der Waals surface area contributed by atoms with Crippen LogP contribution >= 0.6 is 0 Å². The summed E-state index contributed by atoms with van der Waals surface area (Å²) < 4.78 is 22.0. The molecule has 0 spiro atoms. The number of benzene rings is 1. The molecule has 1 saturated carbocycles. The smallest absolute Gasteiger partial charge is 0.410 e. The fourth-order valence-electron chi connectivity index (χ4n) is 4.19. The van der Waals surface area contributed by atoms with E-state index in [-0.39, 0.29) is 31.5 Å². The second-order valence-electron chi connectivity index (χ2n) is 7.92. The maximum absolute atomic E-state index is 12.8. The molecule has 1 heterocycles. The minimum absolute atomic E-state index is 0.0519. The Morgan fingerprint density at radius 3 is 2.59 bits per heavy atom. The van der Waals surface area contributed by atoms with Gasteiger partial charge in [-0.1, -0.05) is 12.5 Å². The van der Waals surface area contributed by atoms with Gasteiger partial charge < -0.3 is 23.8 Å². The molecule has 1 aromatic rings. The summed E-state index contributed by atoms with van der Waals surface area (Å²) in [5.74, 6) is 1.16. The number of carbonyl (C=O) groups excluding carboxylic acids is 2. The Kier molecular flexibility index (Phi) is 6.87. The molecule has 29 heavy (non-hydrogen) atoms. The molecule has 0 aromatic heterocycles. The number of rotatable bonds is 7. The van der Waals surface area contributed by atoms with Crippen molar-refractivity contribution < 1.29 is 28.5 Å². The number of fused-ring (bicyclic) bond motifs is 1. The summed E-state index contributed by atoms with van der Waals surface area (Å²) in [5, 5.41) is 0. The third-order valence-corrected chi connectivity index (χ3v) is 5.66. The van der Waals surface area contributed by atoms with Crippen molar-refractivity contribution in [3.8, 4) is 11.5 Å². The van der Waals surface area contributed by atoms with Crippen LogP contribution in [0.1, 0.15) is 58.4 Å². The van der Waals surface area contributed by atoms with E-state index in [0.717, 1.165) is 49.2 Å². The quantitative estimate of drug-likeness (QED) is 0.637. The fourth-order valence-corrected chi connectivity index (χ4v) is 4.19. The summed E-state index contributed by atoms with van der Waals surface area (Å²) in [5.41, 5.74) is 0.386. The first-order chi connectivity index (χ1) is 13.9. The number of likely N-dealkylation sites (N-methyl/N-ethyl adjacent to an activating group) is 1. The monoisotopic (exact) mass is 405 g/mol. The molecule has 3 rings (SSSR count). The van der Waals surface area contributed by atoms with Gasteiger partial charge in [-0.15, -0.1) is 0 Å². The van der Waals surface area contributed by atoms with Crippen LogP contribution in [0.2, 0.25) is 0 Å². The van der Waals surface area contributed by atoms with Gasteiger partial charge in [0.15, 0.2) is 11.5 Å². The molecule has 0 saturated heterocycles. The largest absolute Gasteiger partial charge is 0.456 e. The molecule has 1 aromatic carbocycles. The number of hydrogen-bond acceptors (Lipinski definition) is 6. The van der Waals surface area contributed by atoms with Crippen molar-refractivity contribution in [3.05, 3.63) is 23.8 Å². The lowest BCUT2D eigenvalue weighted by atomic mass is 9.85.